The molecule has 0 spiro atoms. The summed E-state index contributed by atoms with van der Waals surface area (Å²) in [4.78, 5) is 0. The van der Waals surface area contributed by atoms with Gasteiger partial charge in [0.1, 0.15) is 12.4 Å². The zero-order valence-electron chi connectivity index (χ0n) is 8.42. The van der Waals surface area contributed by atoms with Crippen LogP contribution in [0, 0.1) is 5.41 Å². The van der Waals surface area contributed by atoms with E-state index in [4.69, 9.17) is 20.5 Å². The smallest absolute Gasteiger partial charge is 0.236 e. The Balaban J connectivity index is 2.92. The Hall–Kier alpha value is -2.08. The summed E-state index contributed by atoms with van der Waals surface area (Å²) in [5, 5.41) is 37.1. The van der Waals surface area contributed by atoms with Crippen molar-refractivity contribution >= 4 is 11.6 Å². The summed E-state index contributed by atoms with van der Waals surface area (Å²) in [6.45, 7) is -0.326. The maximum Gasteiger partial charge on any atom is 0.236 e. The van der Waals surface area contributed by atoms with Crippen molar-refractivity contribution in [1.82, 2.24) is 0 Å². The van der Waals surface area contributed by atoms with E-state index in [-0.39, 0.29) is 30.2 Å². The normalized spacial score (nSPS) is 11.2. The van der Waals surface area contributed by atoms with Gasteiger partial charge in [0.25, 0.3) is 0 Å². The highest BCUT2D eigenvalue weighted by atomic mass is 16.5. The van der Waals surface area contributed by atoms with Gasteiger partial charge in [-0.2, -0.15) is 0 Å². The van der Waals surface area contributed by atoms with Gasteiger partial charge in [-0.15, -0.1) is 0 Å². The Labute approximate surface area is 91.9 Å². The highest BCUT2D eigenvalue weighted by Crippen LogP contribution is 2.17. The molecule has 0 saturated carbocycles. The first-order valence-electron chi connectivity index (χ1n) is 4.53. The lowest BCUT2D eigenvalue weighted by Crippen LogP contribution is -2.19. The lowest BCUT2D eigenvalue weighted by Gasteiger charge is -2.08. The van der Waals surface area contributed by atoms with Gasteiger partial charge in [-0.05, 0) is 12.1 Å². The first-order chi connectivity index (χ1) is 7.70. The predicted molar refractivity (Wildman–Crippen MR) is 57.2 cm³/mol. The molecule has 0 bridgehead atoms. The largest absolute Gasteiger partial charge is 0.507 e. The molecule has 0 unspecified atom stereocenters. The van der Waals surface area contributed by atoms with Crippen molar-refractivity contribution in [1.29, 1.82) is 5.41 Å². The molecule has 4 N–H and O–H groups in total. The summed E-state index contributed by atoms with van der Waals surface area (Å²) in [5.74, 6) is -0.536. The number of nitrogens with zero attached hydrogens (tertiary/aromatic N) is 1. The van der Waals surface area contributed by atoms with E-state index < -0.39 is 5.90 Å². The van der Waals surface area contributed by atoms with Crippen molar-refractivity contribution in [3.8, 4) is 5.75 Å². The summed E-state index contributed by atoms with van der Waals surface area (Å²) in [5.41, 5.74) is -0.000472. The van der Waals surface area contributed by atoms with Crippen LogP contribution in [0.15, 0.2) is 29.4 Å². The SMILES string of the molecule is N=C(OCCO)/C(=N/O)c1ccccc1O. The van der Waals surface area contributed by atoms with Crippen LogP contribution in [-0.2, 0) is 4.74 Å². The predicted octanol–water partition coefficient (Wildman–Crippen LogP) is 0.557. The van der Waals surface area contributed by atoms with Gasteiger partial charge in [0, 0.05) is 0 Å². The first-order valence-corrected chi connectivity index (χ1v) is 4.53. The van der Waals surface area contributed by atoms with E-state index in [0.717, 1.165) is 0 Å². The molecule has 0 fully saturated rings. The Kier molecular flexibility index (Phi) is 4.28. The fraction of sp³-hybridized carbons (Fsp3) is 0.200. The number of hydrogen-bond donors (Lipinski definition) is 4. The molecule has 0 aliphatic heterocycles. The van der Waals surface area contributed by atoms with Gasteiger partial charge in [-0.1, -0.05) is 17.3 Å². The number of aromatic hydroxyl groups is 1. The molecule has 1 rings (SSSR count). The third kappa shape index (κ3) is 2.71. The van der Waals surface area contributed by atoms with Crippen LogP contribution in [0.1, 0.15) is 5.56 Å². The second-order valence-electron chi connectivity index (χ2n) is 2.87. The van der Waals surface area contributed by atoms with Crippen molar-refractivity contribution < 1.29 is 20.2 Å². The van der Waals surface area contributed by atoms with Crippen LogP contribution in [0.4, 0.5) is 0 Å². The molecule has 86 valence electrons. The molecule has 16 heavy (non-hydrogen) atoms. The van der Waals surface area contributed by atoms with E-state index >= 15 is 0 Å². The van der Waals surface area contributed by atoms with Crippen molar-refractivity contribution in [2.75, 3.05) is 13.2 Å². The molecular formula is C10H12N2O4. The minimum atomic E-state index is -0.418. The van der Waals surface area contributed by atoms with Crippen LogP contribution in [0.2, 0.25) is 0 Å². The van der Waals surface area contributed by atoms with Gasteiger partial charge >= 0.3 is 0 Å². The number of oxime groups is 1. The van der Waals surface area contributed by atoms with Crippen LogP contribution >= 0.6 is 0 Å². The molecule has 0 aliphatic carbocycles. The van der Waals surface area contributed by atoms with E-state index in [1.54, 1.807) is 12.1 Å². The minimum Gasteiger partial charge on any atom is -0.507 e. The standard InChI is InChI=1S/C10H12N2O4/c11-10(16-6-5-13)9(12-15)7-3-1-2-4-8(7)14/h1-4,11,13-15H,5-6H2/b11-10?,12-9+. The van der Waals surface area contributed by atoms with Gasteiger partial charge in [-0.25, -0.2) is 0 Å². The molecule has 0 heterocycles. The number of aliphatic hydroxyl groups excluding tert-OH is 1. The zero-order chi connectivity index (χ0) is 12.0. The fourth-order valence-corrected chi connectivity index (χ4v) is 1.11. The maximum absolute atomic E-state index is 9.49. The highest BCUT2D eigenvalue weighted by molar-refractivity contribution is 6.44. The third-order valence-electron chi connectivity index (χ3n) is 1.81. The molecule has 1 aromatic rings. The second kappa shape index (κ2) is 5.72. The average molecular weight is 224 g/mol. The van der Waals surface area contributed by atoms with Crippen molar-refractivity contribution in [3.63, 3.8) is 0 Å². The number of rotatable bonds is 4. The van der Waals surface area contributed by atoms with Crippen LogP contribution in [0.5, 0.6) is 5.75 Å². The van der Waals surface area contributed by atoms with Crippen LogP contribution in [0.3, 0.4) is 0 Å². The number of ether oxygens (including phenoxy) is 1. The number of hydrogen-bond acceptors (Lipinski definition) is 6. The van der Waals surface area contributed by atoms with Crippen LogP contribution in [-0.4, -0.2) is 40.2 Å². The van der Waals surface area contributed by atoms with Gasteiger partial charge in [0.05, 0.1) is 12.2 Å². The minimum absolute atomic E-state index is 0.0779. The van der Waals surface area contributed by atoms with Crippen LogP contribution < -0.4 is 0 Å². The monoisotopic (exact) mass is 224 g/mol. The highest BCUT2D eigenvalue weighted by Gasteiger charge is 2.15. The molecule has 6 heteroatoms. The van der Waals surface area contributed by atoms with Gasteiger partial charge in [0.2, 0.25) is 5.90 Å². The molecule has 0 radical (unpaired) electrons. The van der Waals surface area contributed by atoms with Crippen molar-refractivity contribution in [2.45, 2.75) is 0 Å². The average Bonchev–Trinajstić information content (AvgIpc) is 2.30. The third-order valence-corrected chi connectivity index (χ3v) is 1.81. The van der Waals surface area contributed by atoms with E-state index in [1.807, 2.05) is 0 Å². The van der Waals surface area contributed by atoms with E-state index in [1.165, 1.54) is 12.1 Å². The second-order valence-corrected chi connectivity index (χ2v) is 2.87. The number of benzene rings is 1. The summed E-state index contributed by atoms with van der Waals surface area (Å²) in [7, 11) is 0. The Morgan fingerprint density at radius 3 is 2.62 bits per heavy atom. The number of phenols is 1. The van der Waals surface area contributed by atoms with E-state index in [9.17, 15) is 5.11 Å². The Bertz CT molecular complexity index is 404. The lowest BCUT2D eigenvalue weighted by molar-refractivity contribution is 0.194. The lowest BCUT2D eigenvalue weighted by atomic mass is 10.1. The topological polar surface area (TPSA) is 106 Å². The summed E-state index contributed by atoms with van der Waals surface area (Å²) < 4.78 is 4.79. The van der Waals surface area contributed by atoms with Crippen LogP contribution in [0.25, 0.3) is 0 Å². The molecule has 0 saturated heterocycles. The molecule has 6 nitrogen and oxygen atoms in total. The molecule has 0 aliphatic rings. The molecule has 0 aromatic heterocycles. The molecule has 0 amide bonds. The van der Waals surface area contributed by atoms with Crippen molar-refractivity contribution in [3.05, 3.63) is 29.8 Å². The zero-order valence-corrected chi connectivity index (χ0v) is 8.42. The number of aliphatic hydroxyl groups is 1. The van der Waals surface area contributed by atoms with Crippen molar-refractivity contribution in [2.24, 2.45) is 5.16 Å². The van der Waals surface area contributed by atoms with Gasteiger partial charge in [0.15, 0.2) is 5.71 Å². The number of para-hydroxylation sites is 1. The van der Waals surface area contributed by atoms with E-state index in [0.29, 0.717) is 0 Å². The number of nitrogens with one attached hydrogen (secondary N) is 1. The molecule has 1 aromatic carbocycles. The molecule has 0 atom stereocenters. The quantitative estimate of drug-likeness (QED) is 0.259. The Morgan fingerprint density at radius 1 is 1.38 bits per heavy atom. The summed E-state index contributed by atoms with van der Waals surface area (Å²) in [6.07, 6.45) is 0. The molecular weight excluding hydrogens is 212 g/mol. The van der Waals surface area contributed by atoms with Gasteiger partial charge < -0.3 is 20.2 Å². The van der Waals surface area contributed by atoms with E-state index in [2.05, 4.69) is 5.16 Å². The Morgan fingerprint density at radius 2 is 2.06 bits per heavy atom. The maximum atomic E-state index is 9.49. The fourth-order valence-electron chi connectivity index (χ4n) is 1.11. The summed E-state index contributed by atoms with van der Waals surface area (Å²) >= 11 is 0. The first kappa shape index (κ1) is 12.0. The number of phenolic OH excluding ortho intramolecular Hbond substituents is 1. The van der Waals surface area contributed by atoms with Gasteiger partial charge in [-0.3, -0.25) is 5.41 Å². The summed E-state index contributed by atoms with van der Waals surface area (Å²) in [6, 6.07) is 6.12.